The molecule has 13 heavy (non-hydrogen) atoms. The van der Waals surface area contributed by atoms with Crippen LogP contribution in [0.25, 0.3) is 0 Å². The van der Waals surface area contributed by atoms with Crippen molar-refractivity contribution >= 4 is 11.5 Å². The molecule has 0 spiro atoms. The van der Waals surface area contributed by atoms with Gasteiger partial charge >= 0.3 is 0 Å². The van der Waals surface area contributed by atoms with Crippen molar-refractivity contribution in [3.05, 3.63) is 24.8 Å². The van der Waals surface area contributed by atoms with E-state index in [1.54, 1.807) is 25.3 Å². The van der Waals surface area contributed by atoms with Crippen molar-refractivity contribution in [3.63, 3.8) is 0 Å². The Labute approximate surface area is 77.4 Å². The van der Waals surface area contributed by atoms with Crippen molar-refractivity contribution in [3.8, 4) is 5.88 Å². The lowest BCUT2D eigenvalue weighted by molar-refractivity contribution is 0.398. The standard InChI is InChI=1S/C9H13N3O/c1-3-6-11-9-7(10)4-5-8(12-9)13-2/h3-5H,1,6,10H2,2H3,(H,11,12). The predicted octanol–water partition coefficient (Wildman–Crippen LogP) is 1.27. The second kappa shape index (κ2) is 4.35. The molecule has 0 saturated carbocycles. The summed E-state index contributed by atoms with van der Waals surface area (Å²) in [6.45, 7) is 4.21. The molecular formula is C9H13N3O. The molecule has 1 aromatic heterocycles. The number of aromatic nitrogens is 1. The van der Waals surface area contributed by atoms with Gasteiger partial charge in [0.25, 0.3) is 0 Å². The van der Waals surface area contributed by atoms with E-state index >= 15 is 0 Å². The van der Waals surface area contributed by atoms with E-state index in [0.29, 0.717) is 23.9 Å². The smallest absolute Gasteiger partial charge is 0.215 e. The first kappa shape index (κ1) is 9.38. The summed E-state index contributed by atoms with van der Waals surface area (Å²) in [6, 6.07) is 3.46. The number of hydrogen-bond donors (Lipinski definition) is 2. The van der Waals surface area contributed by atoms with Gasteiger partial charge in [-0.1, -0.05) is 6.08 Å². The van der Waals surface area contributed by atoms with Crippen LogP contribution < -0.4 is 15.8 Å². The van der Waals surface area contributed by atoms with E-state index in [1.807, 2.05) is 0 Å². The normalized spacial score (nSPS) is 9.31. The van der Waals surface area contributed by atoms with E-state index in [2.05, 4.69) is 16.9 Å². The molecular weight excluding hydrogens is 166 g/mol. The predicted molar refractivity (Wildman–Crippen MR) is 53.9 cm³/mol. The summed E-state index contributed by atoms with van der Waals surface area (Å²) in [5, 5.41) is 3.00. The molecule has 70 valence electrons. The zero-order valence-corrected chi connectivity index (χ0v) is 7.58. The third-order valence-electron chi connectivity index (χ3n) is 1.52. The first-order chi connectivity index (χ1) is 6.27. The van der Waals surface area contributed by atoms with Crippen molar-refractivity contribution in [2.75, 3.05) is 24.7 Å². The Kier molecular flexibility index (Phi) is 3.14. The summed E-state index contributed by atoms with van der Waals surface area (Å²) < 4.78 is 4.96. The number of anilines is 2. The molecule has 0 saturated heterocycles. The average Bonchev–Trinajstić information content (AvgIpc) is 2.17. The van der Waals surface area contributed by atoms with Gasteiger partial charge < -0.3 is 15.8 Å². The summed E-state index contributed by atoms with van der Waals surface area (Å²) in [7, 11) is 1.57. The van der Waals surface area contributed by atoms with Gasteiger partial charge in [0, 0.05) is 12.6 Å². The lowest BCUT2D eigenvalue weighted by Gasteiger charge is -2.07. The van der Waals surface area contributed by atoms with Gasteiger partial charge in [0.2, 0.25) is 5.88 Å². The molecule has 0 aromatic carbocycles. The van der Waals surface area contributed by atoms with Crippen LogP contribution in [-0.4, -0.2) is 18.6 Å². The van der Waals surface area contributed by atoms with Crippen molar-refractivity contribution < 1.29 is 4.74 Å². The fourth-order valence-electron chi connectivity index (χ4n) is 0.876. The Hall–Kier alpha value is -1.71. The highest BCUT2D eigenvalue weighted by molar-refractivity contribution is 5.62. The van der Waals surface area contributed by atoms with Gasteiger partial charge in [-0.3, -0.25) is 0 Å². The molecule has 0 atom stereocenters. The molecule has 0 aliphatic rings. The molecule has 1 heterocycles. The van der Waals surface area contributed by atoms with Gasteiger partial charge in [0.1, 0.15) is 0 Å². The first-order valence-corrected chi connectivity index (χ1v) is 3.93. The molecule has 4 heteroatoms. The molecule has 0 unspecified atom stereocenters. The Balaban J connectivity index is 2.83. The number of nitrogens with two attached hydrogens (primary N) is 1. The van der Waals surface area contributed by atoms with Gasteiger partial charge in [0.05, 0.1) is 12.8 Å². The van der Waals surface area contributed by atoms with Crippen LogP contribution in [0.5, 0.6) is 5.88 Å². The van der Waals surface area contributed by atoms with E-state index in [1.165, 1.54) is 0 Å². The Morgan fingerprint density at radius 3 is 3.08 bits per heavy atom. The molecule has 0 aliphatic heterocycles. The van der Waals surface area contributed by atoms with Gasteiger partial charge in [-0.15, -0.1) is 6.58 Å². The molecule has 0 radical (unpaired) electrons. The highest BCUT2D eigenvalue weighted by Crippen LogP contribution is 2.18. The molecule has 0 bridgehead atoms. The Morgan fingerprint density at radius 1 is 1.69 bits per heavy atom. The van der Waals surface area contributed by atoms with E-state index in [0.717, 1.165) is 0 Å². The molecule has 1 rings (SSSR count). The maximum atomic E-state index is 5.67. The zero-order valence-electron chi connectivity index (χ0n) is 7.58. The minimum Gasteiger partial charge on any atom is -0.481 e. The number of hydrogen-bond acceptors (Lipinski definition) is 4. The van der Waals surface area contributed by atoms with E-state index in [9.17, 15) is 0 Å². The van der Waals surface area contributed by atoms with Gasteiger partial charge in [0.15, 0.2) is 5.82 Å². The number of pyridine rings is 1. The molecule has 0 aliphatic carbocycles. The largest absolute Gasteiger partial charge is 0.481 e. The first-order valence-electron chi connectivity index (χ1n) is 3.93. The SMILES string of the molecule is C=CCNc1nc(OC)ccc1N. The number of nitrogens with zero attached hydrogens (tertiary/aromatic N) is 1. The summed E-state index contributed by atoms with van der Waals surface area (Å²) >= 11 is 0. The summed E-state index contributed by atoms with van der Waals surface area (Å²) in [6.07, 6.45) is 1.74. The van der Waals surface area contributed by atoms with Crippen LogP contribution in [0.15, 0.2) is 24.8 Å². The van der Waals surface area contributed by atoms with E-state index < -0.39 is 0 Å². The molecule has 3 N–H and O–H groups in total. The van der Waals surface area contributed by atoms with Crippen molar-refractivity contribution in [2.24, 2.45) is 0 Å². The van der Waals surface area contributed by atoms with Crippen LogP contribution in [0.2, 0.25) is 0 Å². The number of ether oxygens (including phenoxy) is 1. The van der Waals surface area contributed by atoms with Crippen LogP contribution in [0.1, 0.15) is 0 Å². The monoisotopic (exact) mass is 179 g/mol. The van der Waals surface area contributed by atoms with Crippen LogP contribution >= 0.6 is 0 Å². The topological polar surface area (TPSA) is 60.2 Å². The fourth-order valence-corrected chi connectivity index (χ4v) is 0.876. The quantitative estimate of drug-likeness (QED) is 0.683. The van der Waals surface area contributed by atoms with Crippen LogP contribution in [-0.2, 0) is 0 Å². The lowest BCUT2D eigenvalue weighted by atomic mass is 10.4. The average molecular weight is 179 g/mol. The maximum Gasteiger partial charge on any atom is 0.215 e. The molecule has 0 fully saturated rings. The van der Waals surface area contributed by atoms with Gasteiger partial charge in [-0.05, 0) is 6.07 Å². The summed E-state index contributed by atoms with van der Waals surface area (Å²) in [5.41, 5.74) is 6.27. The number of nitrogens with one attached hydrogen (secondary N) is 1. The minimum absolute atomic E-state index is 0.542. The second-order valence-corrected chi connectivity index (χ2v) is 2.46. The lowest BCUT2D eigenvalue weighted by Crippen LogP contribution is -2.04. The van der Waals surface area contributed by atoms with Crippen LogP contribution in [0.3, 0.4) is 0 Å². The maximum absolute atomic E-state index is 5.67. The van der Waals surface area contributed by atoms with E-state index in [4.69, 9.17) is 10.5 Å². The van der Waals surface area contributed by atoms with Crippen molar-refractivity contribution in [1.82, 2.24) is 4.98 Å². The highest BCUT2D eigenvalue weighted by Gasteiger charge is 2.00. The number of nitrogen functional groups attached to an aromatic ring is 1. The number of methoxy groups -OCH3 is 1. The van der Waals surface area contributed by atoms with Crippen molar-refractivity contribution in [2.45, 2.75) is 0 Å². The molecule has 0 amide bonds. The van der Waals surface area contributed by atoms with Crippen LogP contribution in [0.4, 0.5) is 11.5 Å². The third kappa shape index (κ3) is 2.37. The van der Waals surface area contributed by atoms with E-state index in [-0.39, 0.29) is 0 Å². The highest BCUT2D eigenvalue weighted by atomic mass is 16.5. The van der Waals surface area contributed by atoms with Crippen LogP contribution in [0, 0.1) is 0 Å². The fraction of sp³-hybridized carbons (Fsp3) is 0.222. The van der Waals surface area contributed by atoms with Gasteiger partial charge in [-0.2, -0.15) is 4.98 Å². The molecule has 1 aromatic rings. The third-order valence-corrected chi connectivity index (χ3v) is 1.52. The Bertz CT molecular complexity index is 299. The van der Waals surface area contributed by atoms with Crippen molar-refractivity contribution in [1.29, 1.82) is 0 Å². The summed E-state index contributed by atoms with van der Waals surface area (Å²) in [4.78, 5) is 4.12. The Morgan fingerprint density at radius 2 is 2.46 bits per heavy atom. The second-order valence-electron chi connectivity index (χ2n) is 2.46. The molecule has 4 nitrogen and oxygen atoms in total. The summed E-state index contributed by atoms with van der Waals surface area (Å²) in [5.74, 6) is 1.17. The minimum atomic E-state index is 0.542. The number of rotatable bonds is 4. The zero-order chi connectivity index (χ0) is 9.68. The van der Waals surface area contributed by atoms with Gasteiger partial charge in [-0.25, -0.2) is 0 Å².